The predicted molar refractivity (Wildman–Crippen MR) is 58.2 cm³/mol. The van der Waals surface area contributed by atoms with Crippen LogP contribution in [0.25, 0.3) is 0 Å². The molecule has 0 radical (unpaired) electrons. The van der Waals surface area contributed by atoms with Gasteiger partial charge >= 0.3 is 5.97 Å². The quantitative estimate of drug-likeness (QED) is 0.843. The van der Waals surface area contributed by atoms with Gasteiger partial charge in [-0.2, -0.15) is 0 Å². The molecule has 1 heterocycles. The Kier molecular flexibility index (Phi) is 2.50. The number of carbonyl (C=O) groups is 1. The molecule has 1 aromatic carbocycles. The first-order valence-electron chi connectivity index (χ1n) is 4.97. The molecule has 1 aliphatic heterocycles. The van der Waals surface area contributed by atoms with Crippen LogP contribution in [-0.2, 0) is 21.1 Å². The van der Waals surface area contributed by atoms with Crippen molar-refractivity contribution >= 4 is 15.8 Å². The minimum atomic E-state index is -3.15. The number of carboxylic acids is 1. The summed E-state index contributed by atoms with van der Waals surface area (Å²) in [4.78, 5) is 10.9. The van der Waals surface area contributed by atoms with E-state index in [1.807, 2.05) is 6.92 Å². The highest BCUT2D eigenvalue weighted by molar-refractivity contribution is 7.91. The number of hydrogen-bond acceptors (Lipinski definition) is 3. The van der Waals surface area contributed by atoms with Gasteiger partial charge in [0.05, 0.1) is 17.1 Å². The van der Waals surface area contributed by atoms with Crippen molar-refractivity contribution in [1.82, 2.24) is 0 Å². The lowest BCUT2D eigenvalue weighted by Crippen LogP contribution is -2.01. The van der Waals surface area contributed by atoms with Crippen LogP contribution in [0.5, 0.6) is 0 Å². The molecule has 86 valence electrons. The number of rotatable bonds is 2. The highest BCUT2D eigenvalue weighted by Crippen LogP contribution is 2.35. The first-order chi connectivity index (χ1) is 7.40. The van der Waals surface area contributed by atoms with Gasteiger partial charge in [0.15, 0.2) is 9.84 Å². The van der Waals surface area contributed by atoms with Gasteiger partial charge in [0.2, 0.25) is 0 Å². The van der Waals surface area contributed by atoms with Crippen molar-refractivity contribution in [3.63, 3.8) is 0 Å². The molecule has 0 fully saturated rings. The molecule has 5 heteroatoms. The topological polar surface area (TPSA) is 71.4 Å². The maximum absolute atomic E-state index is 11.7. The van der Waals surface area contributed by atoms with E-state index in [4.69, 9.17) is 5.11 Å². The van der Waals surface area contributed by atoms with E-state index >= 15 is 0 Å². The third-order valence-electron chi connectivity index (χ3n) is 2.76. The van der Waals surface area contributed by atoms with Gasteiger partial charge in [-0.3, -0.25) is 4.79 Å². The molecule has 0 aliphatic carbocycles. The fourth-order valence-corrected chi connectivity index (χ4v) is 3.97. The van der Waals surface area contributed by atoms with Crippen molar-refractivity contribution in [3.8, 4) is 0 Å². The number of aliphatic carboxylic acids is 1. The molecule has 1 aliphatic rings. The maximum atomic E-state index is 11.7. The van der Waals surface area contributed by atoms with Gasteiger partial charge in [-0.1, -0.05) is 19.1 Å². The zero-order chi connectivity index (χ0) is 11.9. The summed E-state index contributed by atoms with van der Waals surface area (Å²) in [6.45, 7) is 1.84. The summed E-state index contributed by atoms with van der Waals surface area (Å²) >= 11 is 0. The van der Waals surface area contributed by atoms with Gasteiger partial charge in [0.25, 0.3) is 0 Å². The molecule has 4 nitrogen and oxygen atoms in total. The fraction of sp³-hybridized carbons (Fsp3) is 0.364. The van der Waals surface area contributed by atoms with Crippen LogP contribution in [0.15, 0.2) is 23.1 Å². The summed E-state index contributed by atoms with van der Waals surface area (Å²) in [5, 5.41) is 8.67. The Morgan fingerprint density at radius 2 is 2.19 bits per heavy atom. The molecule has 0 saturated carbocycles. The molecule has 0 spiro atoms. The normalized spacial score (nSPS) is 21.7. The van der Waals surface area contributed by atoms with E-state index in [-0.39, 0.29) is 18.1 Å². The average molecular weight is 240 g/mol. The second-order valence-corrected chi connectivity index (χ2v) is 6.13. The minimum absolute atomic E-state index is 0.0475. The van der Waals surface area contributed by atoms with Crippen LogP contribution in [0.4, 0.5) is 0 Å². The Bertz CT molecular complexity index is 545. The molecular weight excluding hydrogens is 228 g/mol. The van der Waals surface area contributed by atoms with E-state index in [0.29, 0.717) is 10.5 Å². The molecule has 1 N–H and O–H groups in total. The zero-order valence-corrected chi connectivity index (χ0v) is 9.62. The smallest absolute Gasteiger partial charge is 0.307 e. The summed E-state index contributed by atoms with van der Waals surface area (Å²) in [6.07, 6.45) is -0.0694. The summed E-state index contributed by atoms with van der Waals surface area (Å²) in [6, 6.07) is 4.79. The van der Waals surface area contributed by atoms with Gasteiger partial charge in [-0.15, -0.1) is 0 Å². The highest BCUT2D eigenvalue weighted by atomic mass is 32.2. The van der Waals surface area contributed by atoms with Crippen molar-refractivity contribution in [2.75, 3.05) is 5.75 Å². The number of sulfone groups is 1. The Hall–Kier alpha value is -1.36. The van der Waals surface area contributed by atoms with Gasteiger partial charge in [0, 0.05) is 0 Å². The predicted octanol–water partition coefficient (Wildman–Crippen LogP) is 1.20. The van der Waals surface area contributed by atoms with Crippen LogP contribution >= 0.6 is 0 Å². The Labute approximate surface area is 93.8 Å². The summed E-state index contributed by atoms with van der Waals surface area (Å²) in [7, 11) is -3.15. The average Bonchev–Trinajstić information content (AvgIpc) is 2.36. The van der Waals surface area contributed by atoms with Crippen LogP contribution in [0.2, 0.25) is 0 Å². The standard InChI is InChI=1S/C11H12O4S/c1-7-6-16(14,15)10-3-2-8(4-9(7)10)5-11(12)13/h2-4,7H,5-6H2,1H3,(H,12,13). The lowest BCUT2D eigenvalue weighted by molar-refractivity contribution is -0.136. The largest absolute Gasteiger partial charge is 0.481 e. The monoisotopic (exact) mass is 240 g/mol. The third kappa shape index (κ3) is 1.82. The molecule has 0 bridgehead atoms. The van der Waals surface area contributed by atoms with Crippen molar-refractivity contribution in [2.24, 2.45) is 0 Å². The van der Waals surface area contributed by atoms with E-state index in [9.17, 15) is 13.2 Å². The number of carboxylic acid groups (broad SMARTS) is 1. The second kappa shape index (κ2) is 3.59. The van der Waals surface area contributed by atoms with Crippen LogP contribution in [0, 0.1) is 0 Å². The van der Waals surface area contributed by atoms with Crippen molar-refractivity contribution < 1.29 is 18.3 Å². The Balaban J connectivity index is 2.48. The Morgan fingerprint density at radius 3 is 2.81 bits per heavy atom. The van der Waals surface area contributed by atoms with Gasteiger partial charge < -0.3 is 5.11 Å². The van der Waals surface area contributed by atoms with Gasteiger partial charge in [-0.25, -0.2) is 8.42 Å². The first kappa shape index (κ1) is 11.1. The first-order valence-corrected chi connectivity index (χ1v) is 6.63. The SMILES string of the molecule is CC1CS(=O)(=O)c2ccc(CC(=O)O)cc21. The lowest BCUT2D eigenvalue weighted by atomic mass is 10.00. The molecule has 0 aromatic heterocycles. The maximum Gasteiger partial charge on any atom is 0.307 e. The molecule has 0 saturated heterocycles. The van der Waals surface area contributed by atoms with Crippen LogP contribution in [0.3, 0.4) is 0 Å². The molecule has 2 rings (SSSR count). The van der Waals surface area contributed by atoms with E-state index in [1.165, 1.54) is 6.07 Å². The Morgan fingerprint density at radius 1 is 1.50 bits per heavy atom. The van der Waals surface area contributed by atoms with E-state index in [2.05, 4.69) is 0 Å². The van der Waals surface area contributed by atoms with Crippen LogP contribution in [0.1, 0.15) is 24.0 Å². The number of hydrogen-bond donors (Lipinski definition) is 1. The van der Waals surface area contributed by atoms with Gasteiger partial charge in [-0.05, 0) is 23.1 Å². The van der Waals surface area contributed by atoms with Crippen LogP contribution < -0.4 is 0 Å². The molecule has 1 unspecified atom stereocenters. The summed E-state index contributed by atoms with van der Waals surface area (Å²) < 4.78 is 23.4. The zero-order valence-electron chi connectivity index (χ0n) is 8.80. The molecule has 1 atom stereocenters. The van der Waals surface area contributed by atoms with E-state index < -0.39 is 15.8 Å². The number of fused-ring (bicyclic) bond motifs is 1. The summed E-state index contributed by atoms with van der Waals surface area (Å²) in [5.74, 6) is -0.832. The van der Waals surface area contributed by atoms with Crippen LogP contribution in [-0.4, -0.2) is 25.2 Å². The minimum Gasteiger partial charge on any atom is -0.481 e. The van der Waals surface area contributed by atoms with E-state index in [1.54, 1.807) is 12.1 Å². The molecular formula is C11H12O4S. The highest BCUT2D eigenvalue weighted by Gasteiger charge is 2.31. The van der Waals surface area contributed by atoms with E-state index in [0.717, 1.165) is 5.56 Å². The fourth-order valence-electron chi connectivity index (χ4n) is 2.06. The number of benzene rings is 1. The lowest BCUT2D eigenvalue weighted by Gasteiger charge is -2.04. The third-order valence-corrected chi connectivity index (χ3v) is 4.75. The molecule has 16 heavy (non-hydrogen) atoms. The molecule has 0 amide bonds. The van der Waals surface area contributed by atoms with Crippen molar-refractivity contribution in [2.45, 2.75) is 24.2 Å². The summed E-state index contributed by atoms with van der Waals surface area (Å²) in [5.41, 5.74) is 1.40. The van der Waals surface area contributed by atoms with Gasteiger partial charge in [0.1, 0.15) is 0 Å². The van der Waals surface area contributed by atoms with Crippen molar-refractivity contribution in [1.29, 1.82) is 0 Å². The second-order valence-electron chi connectivity index (χ2n) is 4.13. The van der Waals surface area contributed by atoms with Crippen molar-refractivity contribution in [3.05, 3.63) is 29.3 Å². The molecule has 1 aromatic rings.